The van der Waals surface area contributed by atoms with Crippen molar-refractivity contribution in [1.29, 1.82) is 10.8 Å². The monoisotopic (exact) mass is 783 g/mol. The lowest BCUT2D eigenvalue weighted by molar-refractivity contribution is -0.143. The van der Waals surface area contributed by atoms with Crippen LogP contribution in [0.25, 0.3) is 10.8 Å². The van der Waals surface area contributed by atoms with Gasteiger partial charge in [0.2, 0.25) is 35.4 Å². The van der Waals surface area contributed by atoms with Crippen molar-refractivity contribution in [3.05, 3.63) is 48.0 Å². The number of rotatable bonds is 24. The molecule has 2 aromatic rings. The third kappa shape index (κ3) is 15.4. The first-order chi connectivity index (χ1) is 26.4. The molecule has 0 saturated heterocycles. The molecule has 0 spiro atoms. The van der Waals surface area contributed by atoms with Crippen LogP contribution < -0.4 is 54.8 Å². The van der Waals surface area contributed by atoms with Crippen LogP contribution in [0.5, 0.6) is 0 Å². The van der Waals surface area contributed by atoms with E-state index in [9.17, 15) is 33.9 Å². The van der Waals surface area contributed by atoms with Gasteiger partial charge in [-0.15, -0.1) is 0 Å². The molecule has 20 nitrogen and oxygen atoms in total. The highest BCUT2D eigenvalue weighted by molar-refractivity contribution is 5.96. The van der Waals surface area contributed by atoms with E-state index in [0.29, 0.717) is 0 Å². The molecule has 2 aromatic carbocycles. The molecule has 0 aliphatic heterocycles. The quantitative estimate of drug-likeness (QED) is 0.0286. The summed E-state index contributed by atoms with van der Waals surface area (Å²) < 4.78 is 0. The highest BCUT2D eigenvalue weighted by atomic mass is 16.3. The van der Waals surface area contributed by atoms with Gasteiger partial charge in [-0.05, 0) is 62.4 Å². The Labute approximate surface area is 325 Å². The summed E-state index contributed by atoms with van der Waals surface area (Å²) in [6.07, 6.45) is -1.17. The van der Waals surface area contributed by atoms with Crippen LogP contribution in [0.3, 0.4) is 0 Å². The summed E-state index contributed by atoms with van der Waals surface area (Å²) in [5.41, 5.74) is 22.6. The van der Waals surface area contributed by atoms with E-state index < -0.39 is 71.8 Å². The minimum absolute atomic E-state index is 0.0128. The second-order valence-corrected chi connectivity index (χ2v) is 13.4. The topological polar surface area (TPSA) is 350 Å². The van der Waals surface area contributed by atoms with E-state index in [0.717, 1.165) is 21.2 Å². The molecule has 2 rings (SSSR count). The van der Waals surface area contributed by atoms with Crippen LogP contribution in [0, 0.1) is 10.8 Å². The first-order valence-electron chi connectivity index (χ1n) is 18.2. The molecule has 20 heteroatoms. The van der Waals surface area contributed by atoms with Crippen molar-refractivity contribution < 1.29 is 33.9 Å². The predicted octanol–water partition coefficient (Wildman–Crippen LogP) is -3.09. The SMILES string of the molecule is CN[C@H](C(=O)N[C@@H](CCCNC(=N)N)C(=O)N[C@@H](CCC(N)=O)C(=O)N(C)[C@@H](CCCNC(=N)N)C(=O)N[C@@H](Cc1ccc2ccccc2c1)C(N)=O)[C@@H](C)O. The van der Waals surface area contributed by atoms with Crippen LogP contribution in [0.15, 0.2) is 42.5 Å². The Kier molecular flexibility index (Phi) is 19.0. The number of guanidine groups is 2. The number of carbonyl (C=O) groups excluding carboxylic acids is 6. The number of nitrogens with two attached hydrogens (primary N) is 4. The third-order valence-electron chi connectivity index (χ3n) is 8.99. The Balaban J connectivity index is 2.39. The van der Waals surface area contributed by atoms with Gasteiger partial charge >= 0.3 is 0 Å². The fourth-order valence-corrected chi connectivity index (χ4v) is 5.98. The summed E-state index contributed by atoms with van der Waals surface area (Å²) in [4.78, 5) is 80.5. The first-order valence-corrected chi connectivity index (χ1v) is 18.2. The molecule has 0 aliphatic carbocycles. The van der Waals surface area contributed by atoms with E-state index in [4.69, 9.17) is 33.8 Å². The Morgan fingerprint density at radius 2 is 1.32 bits per heavy atom. The number of nitrogens with one attached hydrogen (secondary N) is 8. The van der Waals surface area contributed by atoms with E-state index >= 15 is 0 Å². The fourth-order valence-electron chi connectivity index (χ4n) is 5.98. The molecule has 308 valence electrons. The maximum atomic E-state index is 14.2. The zero-order valence-corrected chi connectivity index (χ0v) is 32.0. The number of aliphatic hydroxyl groups excluding tert-OH is 1. The van der Waals surface area contributed by atoms with Crippen LogP contribution >= 0.6 is 0 Å². The van der Waals surface area contributed by atoms with E-state index in [1.807, 2.05) is 42.5 Å². The average molecular weight is 784 g/mol. The molecule has 0 aromatic heterocycles. The van der Waals surface area contributed by atoms with Crippen molar-refractivity contribution in [3.63, 3.8) is 0 Å². The van der Waals surface area contributed by atoms with Crippen LogP contribution in [0.1, 0.15) is 51.0 Å². The maximum absolute atomic E-state index is 14.2. The second kappa shape index (κ2) is 23.0. The molecule has 0 radical (unpaired) electrons. The second-order valence-electron chi connectivity index (χ2n) is 13.4. The van der Waals surface area contributed by atoms with Gasteiger partial charge in [0, 0.05) is 33.0 Å². The van der Waals surface area contributed by atoms with Crippen LogP contribution in [-0.2, 0) is 35.2 Å². The molecule has 56 heavy (non-hydrogen) atoms. The van der Waals surface area contributed by atoms with Crippen molar-refractivity contribution in [2.75, 3.05) is 27.2 Å². The molecule has 17 N–H and O–H groups in total. The summed E-state index contributed by atoms with van der Waals surface area (Å²) >= 11 is 0. The highest BCUT2D eigenvalue weighted by Gasteiger charge is 2.35. The fraction of sp³-hybridized carbons (Fsp3) is 0.500. The zero-order chi connectivity index (χ0) is 41.9. The van der Waals surface area contributed by atoms with Crippen molar-refractivity contribution in [1.82, 2.24) is 36.8 Å². The molecule has 0 heterocycles. The van der Waals surface area contributed by atoms with Gasteiger partial charge in [-0.25, -0.2) is 0 Å². The van der Waals surface area contributed by atoms with Gasteiger partial charge < -0.3 is 64.8 Å². The van der Waals surface area contributed by atoms with Gasteiger partial charge in [-0.2, -0.15) is 0 Å². The van der Waals surface area contributed by atoms with Crippen molar-refractivity contribution >= 4 is 58.1 Å². The van der Waals surface area contributed by atoms with Crippen molar-refractivity contribution in [2.45, 2.75) is 88.2 Å². The largest absolute Gasteiger partial charge is 0.391 e. The lowest BCUT2D eigenvalue weighted by Gasteiger charge is -2.32. The van der Waals surface area contributed by atoms with Crippen LogP contribution in [0.4, 0.5) is 0 Å². The standard InChI is InChI=1S/C36H57N13O7/c1-20(50)29(43-2)33(55)46-24(10-6-16-44-35(39)40)31(53)47-25(14-15-28(37)51)34(56)49(3)27(11-7-17-45-36(41)42)32(54)48-26(30(38)52)19-21-12-13-22-8-4-5-9-23(22)18-21/h4-5,8-9,12-13,18,20,24-27,29,43,50H,6-7,10-11,14-17,19H2,1-3H3,(H2,37,51)(H2,38,52)(H,46,55)(H,47,53)(H,48,54)(H4,39,40,44)(H4,41,42,45)/t20-,24+,25+,26+,27+,29+/m1/s1. The lowest BCUT2D eigenvalue weighted by Crippen LogP contribution is -2.60. The van der Waals surface area contributed by atoms with Crippen LogP contribution in [-0.4, -0.2) is 121 Å². The lowest BCUT2D eigenvalue weighted by atomic mass is 10.00. The van der Waals surface area contributed by atoms with Crippen molar-refractivity contribution in [3.8, 4) is 0 Å². The van der Waals surface area contributed by atoms with Gasteiger partial charge in [-0.1, -0.05) is 42.5 Å². The highest BCUT2D eigenvalue weighted by Crippen LogP contribution is 2.18. The Hall–Kier alpha value is -6.02. The van der Waals surface area contributed by atoms with Crippen molar-refractivity contribution in [2.24, 2.45) is 22.9 Å². The van der Waals surface area contributed by atoms with Gasteiger partial charge in [0.15, 0.2) is 11.9 Å². The number of carbonyl (C=O) groups is 6. The predicted molar refractivity (Wildman–Crippen MR) is 210 cm³/mol. The number of benzene rings is 2. The molecule has 0 aliphatic rings. The van der Waals surface area contributed by atoms with Gasteiger partial charge in [-0.3, -0.25) is 39.6 Å². The normalized spacial score (nSPS) is 14.1. The third-order valence-corrected chi connectivity index (χ3v) is 8.99. The summed E-state index contributed by atoms with van der Waals surface area (Å²) in [7, 11) is 2.78. The average Bonchev–Trinajstić information content (AvgIpc) is 3.13. The molecule has 6 amide bonds. The first kappa shape index (κ1) is 46.1. The number of aliphatic hydroxyl groups is 1. The summed E-state index contributed by atoms with van der Waals surface area (Å²) in [6, 6.07) is 7.04. The van der Waals surface area contributed by atoms with E-state index in [1.54, 1.807) is 0 Å². The number of primary amides is 2. The number of hydrogen-bond acceptors (Lipinski definition) is 10. The minimum Gasteiger partial charge on any atom is -0.391 e. The Bertz CT molecular complexity index is 1710. The smallest absolute Gasteiger partial charge is 0.245 e. The van der Waals surface area contributed by atoms with E-state index in [-0.39, 0.29) is 70.0 Å². The Morgan fingerprint density at radius 3 is 1.88 bits per heavy atom. The molecule has 0 unspecified atom stereocenters. The van der Waals surface area contributed by atoms with Gasteiger partial charge in [0.1, 0.15) is 30.2 Å². The van der Waals surface area contributed by atoms with Gasteiger partial charge in [0.05, 0.1) is 6.10 Å². The molecule has 0 fully saturated rings. The number of amides is 6. The number of nitrogens with zero attached hydrogens (tertiary/aromatic N) is 1. The molecule has 6 atom stereocenters. The maximum Gasteiger partial charge on any atom is 0.245 e. The van der Waals surface area contributed by atoms with Gasteiger partial charge in [0.25, 0.3) is 0 Å². The number of likely N-dealkylation sites (N-methyl/N-ethyl adjacent to an activating group) is 2. The minimum atomic E-state index is -1.42. The summed E-state index contributed by atoms with van der Waals surface area (Å²) in [5, 5.41) is 42.5. The summed E-state index contributed by atoms with van der Waals surface area (Å²) in [6.45, 7) is 1.73. The molecule has 0 bridgehead atoms. The summed E-state index contributed by atoms with van der Waals surface area (Å²) in [5.74, 6) is -5.22. The number of hydrogen-bond donors (Lipinski definition) is 13. The molecule has 0 saturated carbocycles. The zero-order valence-electron chi connectivity index (χ0n) is 32.0. The van der Waals surface area contributed by atoms with E-state index in [1.165, 1.54) is 21.0 Å². The van der Waals surface area contributed by atoms with E-state index in [2.05, 4.69) is 31.9 Å². The van der Waals surface area contributed by atoms with Crippen LogP contribution in [0.2, 0.25) is 0 Å². The molecular formula is C36H57N13O7. The Morgan fingerprint density at radius 1 is 0.750 bits per heavy atom. The number of fused-ring (bicyclic) bond motifs is 1. The molecular weight excluding hydrogens is 726 g/mol.